The summed E-state index contributed by atoms with van der Waals surface area (Å²) in [5, 5.41) is 0.580. The molecule has 0 saturated carbocycles. The van der Waals surface area contributed by atoms with Gasteiger partial charge in [-0.1, -0.05) is 47.5 Å². The summed E-state index contributed by atoms with van der Waals surface area (Å²) in [6.45, 7) is 7.37. The van der Waals surface area contributed by atoms with Gasteiger partial charge in [-0.3, -0.25) is 9.69 Å². The van der Waals surface area contributed by atoms with Crippen molar-refractivity contribution >= 4 is 29.2 Å². The van der Waals surface area contributed by atoms with E-state index in [1.165, 1.54) is 5.56 Å². The van der Waals surface area contributed by atoms with Gasteiger partial charge in [-0.15, -0.1) is 0 Å². The first kappa shape index (κ1) is 28.2. The molecule has 0 radical (unpaired) electrons. The standard InChI is InChI=1S/C30H34Cl2N2O4/c1-30(2,3)38-29(36)21-12-10-20(11-13-21)14-16-34-27(24(31)18-25(32)28(34)35)19-33-15-6-9-26(33)22-7-5-8-23(17-22)37-4/h5,7-8,10-13,17-18,26H,6,9,14-16,19H2,1-4H3. The molecule has 8 heteroatoms. The molecule has 202 valence electrons. The number of rotatable bonds is 8. The van der Waals surface area contributed by atoms with E-state index in [2.05, 4.69) is 17.0 Å². The molecule has 0 aliphatic carbocycles. The van der Waals surface area contributed by atoms with Crippen LogP contribution in [-0.2, 0) is 24.2 Å². The summed E-state index contributed by atoms with van der Waals surface area (Å²) < 4.78 is 12.6. The number of halogens is 2. The van der Waals surface area contributed by atoms with Gasteiger partial charge < -0.3 is 14.0 Å². The minimum absolute atomic E-state index is 0.102. The molecule has 1 unspecified atom stereocenters. The molecule has 2 heterocycles. The minimum Gasteiger partial charge on any atom is -0.497 e. The summed E-state index contributed by atoms with van der Waals surface area (Å²) >= 11 is 12.9. The van der Waals surface area contributed by atoms with Crippen molar-refractivity contribution in [1.29, 1.82) is 0 Å². The molecule has 1 fully saturated rings. The number of hydrogen-bond donors (Lipinski definition) is 0. The van der Waals surface area contributed by atoms with Crippen molar-refractivity contribution in [3.05, 3.63) is 97.4 Å². The number of methoxy groups -OCH3 is 1. The second-order valence-corrected chi connectivity index (χ2v) is 11.4. The number of nitrogens with zero attached hydrogens (tertiary/aromatic N) is 2. The van der Waals surface area contributed by atoms with Crippen LogP contribution in [0.1, 0.15) is 66.8 Å². The Labute approximate surface area is 234 Å². The topological polar surface area (TPSA) is 60.8 Å². The zero-order valence-electron chi connectivity index (χ0n) is 22.3. The zero-order chi connectivity index (χ0) is 27.4. The van der Waals surface area contributed by atoms with Crippen molar-refractivity contribution in [1.82, 2.24) is 9.47 Å². The van der Waals surface area contributed by atoms with Gasteiger partial charge in [0.05, 0.1) is 23.4 Å². The summed E-state index contributed by atoms with van der Waals surface area (Å²) in [6.07, 6.45) is 2.66. The van der Waals surface area contributed by atoms with E-state index in [0.29, 0.717) is 30.1 Å². The van der Waals surface area contributed by atoms with Gasteiger partial charge >= 0.3 is 5.97 Å². The smallest absolute Gasteiger partial charge is 0.338 e. The molecule has 1 aliphatic rings. The maximum Gasteiger partial charge on any atom is 0.338 e. The van der Waals surface area contributed by atoms with Crippen LogP contribution < -0.4 is 10.3 Å². The van der Waals surface area contributed by atoms with E-state index in [4.69, 9.17) is 32.7 Å². The van der Waals surface area contributed by atoms with Gasteiger partial charge in [-0.05, 0) is 88.0 Å². The number of ether oxygens (including phenoxy) is 2. The molecule has 0 N–H and O–H groups in total. The van der Waals surface area contributed by atoms with Crippen LogP contribution in [0.25, 0.3) is 0 Å². The van der Waals surface area contributed by atoms with Gasteiger partial charge in [0.2, 0.25) is 0 Å². The van der Waals surface area contributed by atoms with E-state index >= 15 is 0 Å². The SMILES string of the molecule is COc1cccc(C2CCCN2Cc2c(Cl)cc(Cl)c(=O)n2CCc2ccc(C(=O)OC(C)(C)C)cc2)c1. The first-order chi connectivity index (χ1) is 18.1. The number of aromatic nitrogens is 1. The van der Waals surface area contributed by atoms with Crippen LogP contribution in [0.5, 0.6) is 5.75 Å². The van der Waals surface area contributed by atoms with Crippen LogP contribution >= 0.6 is 23.2 Å². The number of hydrogen-bond acceptors (Lipinski definition) is 5. The molecule has 0 spiro atoms. The summed E-state index contributed by atoms with van der Waals surface area (Å²) in [5.74, 6) is 0.467. The molecule has 0 bridgehead atoms. The predicted octanol–water partition coefficient (Wildman–Crippen LogP) is 6.70. The lowest BCUT2D eigenvalue weighted by atomic mass is 10.0. The average molecular weight is 558 g/mol. The monoisotopic (exact) mass is 556 g/mol. The molecule has 1 aromatic heterocycles. The highest BCUT2D eigenvalue weighted by Crippen LogP contribution is 2.35. The highest BCUT2D eigenvalue weighted by atomic mass is 35.5. The van der Waals surface area contributed by atoms with Gasteiger partial charge in [0, 0.05) is 19.1 Å². The van der Waals surface area contributed by atoms with E-state index in [0.717, 1.165) is 36.4 Å². The molecule has 0 amide bonds. The van der Waals surface area contributed by atoms with Gasteiger partial charge in [-0.2, -0.15) is 0 Å². The van der Waals surface area contributed by atoms with Crippen molar-refractivity contribution in [2.24, 2.45) is 0 Å². The normalized spacial score (nSPS) is 16.0. The zero-order valence-corrected chi connectivity index (χ0v) is 23.8. The fraction of sp³-hybridized carbons (Fsp3) is 0.400. The highest BCUT2D eigenvalue weighted by Gasteiger charge is 2.28. The Balaban J connectivity index is 1.53. The molecule has 6 nitrogen and oxygen atoms in total. The first-order valence-electron chi connectivity index (χ1n) is 12.8. The third-order valence-electron chi connectivity index (χ3n) is 6.71. The lowest BCUT2D eigenvalue weighted by molar-refractivity contribution is 0.00695. The van der Waals surface area contributed by atoms with Gasteiger partial charge in [0.15, 0.2) is 0 Å². The number of carbonyl (C=O) groups is 1. The Hall–Kier alpha value is -2.80. The summed E-state index contributed by atoms with van der Waals surface area (Å²) in [5.41, 5.74) is 2.60. The molecular formula is C30H34Cl2N2O4. The van der Waals surface area contributed by atoms with E-state index in [1.807, 2.05) is 45.0 Å². The number of aryl methyl sites for hydroxylation is 1. The average Bonchev–Trinajstić information content (AvgIpc) is 3.34. The number of esters is 1. The molecule has 2 aromatic carbocycles. The van der Waals surface area contributed by atoms with Crippen LogP contribution in [-0.4, -0.2) is 34.7 Å². The van der Waals surface area contributed by atoms with Crippen LogP contribution in [0.15, 0.2) is 59.4 Å². The minimum atomic E-state index is -0.555. The van der Waals surface area contributed by atoms with E-state index in [-0.39, 0.29) is 22.6 Å². The van der Waals surface area contributed by atoms with Crippen LogP contribution in [0, 0.1) is 0 Å². The molecule has 38 heavy (non-hydrogen) atoms. The lowest BCUT2D eigenvalue weighted by Gasteiger charge is -2.27. The van der Waals surface area contributed by atoms with Crippen LogP contribution in [0.4, 0.5) is 0 Å². The quantitative estimate of drug-likeness (QED) is 0.289. The molecular weight excluding hydrogens is 523 g/mol. The van der Waals surface area contributed by atoms with E-state index in [1.54, 1.807) is 29.9 Å². The summed E-state index contributed by atoms with van der Waals surface area (Å²) in [7, 11) is 1.67. The number of pyridine rings is 1. The Morgan fingerprint density at radius 1 is 1.05 bits per heavy atom. The van der Waals surface area contributed by atoms with Crippen LogP contribution in [0.3, 0.4) is 0 Å². The third kappa shape index (κ3) is 6.79. The second-order valence-electron chi connectivity index (χ2n) is 10.6. The van der Waals surface area contributed by atoms with Crippen molar-refractivity contribution < 1.29 is 14.3 Å². The van der Waals surface area contributed by atoms with Gasteiger partial charge in [0.25, 0.3) is 5.56 Å². The fourth-order valence-electron chi connectivity index (χ4n) is 4.85. The van der Waals surface area contributed by atoms with Crippen molar-refractivity contribution in [3.63, 3.8) is 0 Å². The predicted molar refractivity (Wildman–Crippen MR) is 151 cm³/mol. The van der Waals surface area contributed by atoms with E-state index < -0.39 is 5.60 Å². The summed E-state index contributed by atoms with van der Waals surface area (Å²) in [6, 6.07) is 17.2. The maximum absolute atomic E-state index is 13.1. The molecule has 3 aromatic rings. The number of carbonyl (C=O) groups excluding carboxylic acids is 1. The Morgan fingerprint density at radius 2 is 1.79 bits per heavy atom. The van der Waals surface area contributed by atoms with Crippen molar-refractivity contribution in [2.75, 3.05) is 13.7 Å². The van der Waals surface area contributed by atoms with E-state index in [9.17, 15) is 9.59 Å². The molecule has 1 atom stereocenters. The fourth-order valence-corrected chi connectivity index (χ4v) is 5.39. The lowest BCUT2D eigenvalue weighted by Crippen LogP contribution is -2.31. The first-order valence-corrected chi connectivity index (χ1v) is 13.6. The third-order valence-corrected chi connectivity index (χ3v) is 7.31. The van der Waals surface area contributed by atoms with Crippen LogP contribution in [0.2, 0.25) is 10.0 Å². The van der Waals surface area contributed by atoms with Gasteiger partial charge in [-0.25, -0.2) is 4.79 Å². The number of likely N-dealkylation sites (tertiary alicyclic amines) is 1. The number of benzene rings is 2. The molecule has 1 aliphatic heterocycles. The van der Waals surface area contributed by atoms with Crippen molar-refractivity contribution in [2.45, 2.75) is 64.8 Å². The highest BCUT2D eigenvalue weighted by molar-refractivity contribution is 6.34. The molecule has 1 saturated heterocycles. The van der Waals surface area contributed by atoms with Gasteiger partial charge in [0.1, 0.15) is 16.4 Å². The Kier molecular flexibility index (Phi) is 8.86. The van der Waals surface area contributed by atoms with Crippen molar-refractivity contribution in [3.8, 4) is 5.75 Å². The Morgan fingerprint density at radius 3 is 2.47 bits per heavy atom. The largest absolute Gasteiger partial charge is 0.497 e. The molecule has 4 rings (SSSR count). The maximum atomic E-state index is 13.1. The Bertz CT molecular complexity index is 1350. The summed E-state index contributed by atoms with van der Waals surface area (Å²) in [4.78, 5) is 27.8. The second kappa shape index (κ2) is 11.9.